The lowest BCUT2D eigenvalue weighted by Gasteiger charge is -2.09. The maximum absolute atomic E-state index is 10.7. The van der Waals surface area contributed by atoms with Gasteiger partial charge >= 0.3 is 5.97 Å². The molecule has 14 heavy (non-hydrogen) atoms. The van der Waals surface area contributed by atoms with E-state index in [0.717, 1.165) is 24.3 Å². The topological polar surface area (TPSA) is 60.5 Å². The summed E-state index contributed by atoms with van der Waals surface area (Å²) in [5.74, 6) is -1.26. The number of aryl methyl sites for hydroxylation is 1. The molecule has 1 aliphatic rings. The smallest absolute Gasteiger partial charge is 0.339 e. The summed E-state index contributed by atoms with van der Waals surface area (Å²) in [6.07, 6.45) is 0. The van der Waals surface area contributed by atoms with Crippen molar-refractivity contribution in [1.29, 1.82) is 0 Å². The molecular weight excluding hydrogens is 182 g/mol. The van der Waals surface area contributed by atoms with Crippen LogP contribution < -0.4 is 4.90 Å². The van der Waals surface area contributed by atoms with Crippen LogP contribution >= 0.6 is 0 Å². The summed E-state index contributed by atoms with van der Waals surface area (Å²) in [7, 11) is 0. The molecule has 1 saturated heterocycles. The molecule has 1 heterocycles. The molecule has 4 heteroatoms. The van der Waals surface area contributed by atoms with Crippen molar-refractivity contribution in [3.05, 3.63) is 23.3 Å². The highest BCUT2D eigenvalue weighted by Gasteiger charge is 2.22. The summed E-state index contributed by atoms with van der Waals surface area (Å²) in [6.45, 7) is 3.80. The fourth-order valence-corrected chi connectivity index (χ4v) is 1.49. The molecule has 0 aliphatic carbocycles. The molecule has 0 bridgehead atoms. The first-order chi connectivity index (χ1) is 6.59. The van der Waals surface area contributed by atoms with Crippen molar-refractivity contribution >= 4 is 11.7 Å². The van der Waals surface area contributed by atoms with E-state index >= 15 is 0 Å². The van der Waals surface area contributed by atoms with E-state index in [1.54, 1.807) is 0 Å². The van der Waals surface area contributed by atoms with Gasteiger partial charge in [-0.05, 0) is 18.6 Å². The first kappa shape index (κ1) is 8.87. The fraction of sp³-hybridized carbons (Fsp3) is 0.300. The van der Waals surface area contributed by atoms with Gasteiger partial charge in [-0.1, -0.05) is 0 Å². The lowest BCUT2D eigenvalue weighted by molar-refractivity contribution is 0.0693. The number of nitrogens with zero attached hydrogens (tertiary/aromatic N) is 1. The van der Waals surface area contributed by atoms with Gasteiger partial charge in [0.05, 0.1) is 0 Å². The molecule has 0 radical (unpaired) electrons. The standard InChI is InChI=1S/C10H11NO3/c1-6-4-7(10(13)14)9(12)5-8(6)11-2-3-11/h4-5,12H,2-3H2,1H3,(H,13,14). The van der Waals surface area contributed by atoms with Gasteiger partial charge in [0.1, 0.15) is 11.3 Å². The number of hydrogen-bond donors (Lipinski definition) is 2. The van der Waals surface area contributed by atoms with Gasteiger partial charge in [0, 0.05) is 24.8 Å². The molecule has 1 fully saturated rings. The number of carboxylic acid groups (broad SMARTS) is 1. The second kappa shape index (κ2) is 2.90. The molecule has 2 rings (SSSR count). The number of hydrogen-bond acceptors (Lipinski definition) is 3. The normalized spacial score (nSPS) is 14.2. The Kier molecular flexibility index (Phi) is 1.84. The molecule has 1 aliphatic heterocycles. The van der Waals surface area contributed by atoms with Crippen LogP contribution in [0.5, 0.6) is 5.75 Å². The van der Waals surface area contributed by atoms with Crippen molar-refractivity contribution in [2.45, 2.75) is 6.92 Å². The van der Waals surface area contributed by atoms with Crippen LogP contribution in [-0.2, 0) is 0 Å². The fourth-order valence-electron chi connectivity index (χ4n) is 1.49. The quantitative estimate of drug-likeness (QED) is 0.693. The highest BCUT2D eigenvalue weighted by Crippen LogP contribution is 2.31. The Morgan fingerprint density at radius 2 is 2.07 bits per heavy atom. The Morgan fingerprint density at radius 1 is 1.43 bits per heavy atom. The van der Waals surface area contributed by atoms with Gasteiger partial charge in [-0.3, -0.25) is 0 Å². The van der Waals surface area contributed by atoms with Crippen LogP contribution in [0.4, 0.5) is 5.69 Å². The molecule has 0 aromatic heterocycles. The number of benzene rings is 1. The van der Waals surface area contributed by atoms with E-state index in [2.05, 4.69) is 4.90 Å². The van der Waals surface area contributed by atoms with Gasteiger partial charge in [0.25, 0.3) is 0 Å². The molecule has 0 unspecified atom stereocenters. The molecular formula is C10H11NO3. The van der Waals surface area contributed by atoms with Gasteiger partial charge in [-0.25, -0.2) is 4.79 Å². The second-order valence-corrected chi connectivity index (χ2v) is 3.45. The molecule has 0 atom stereocenters. The summed E-state index contributed by atoms with van der Waals surface area (Å²) in [5.41, 5.74) is 1.78. The van der Waals surface area contributed by atoms with Crippen molar-refractivity contribution in [1.82, 2.24) is 0 Å². The van der Waals surface area contributed by atoms with Crippen LogP contribution in [0.1, 0.15) is 15.9 Å². The van der Waals surface area contributed by atoms with E-state index in [0.29, 0.717) is 0 Å². The zero-order valence-corrected chi connectivity index (χ0v) is 7.82. The summed E-state index contributed by atoms with van der Waals surface area (Å²) < 4.78 is 0. The highest BCUT2D eigenvalue weighted by molar-refractivity contribution is 5.92. The number of rotatable bonds is 2. The second-order valence-electron chi connectivity index (χ2n) is 3.45. The van der Waals surface area contributed by atoms with Gasteiger partial charge in [-0.15, -0.1) is 0 Å². The Bertz CT molecular complexity index is 397. The first-order valence-corrected chi connectivity index (χ1v) is 4.41. The molecule has 0 saturated carbocycles. The molecule has 1 aromatic rings. The maximum atomic E-state index is 10.7. The predicted molar refractivity (Wildman–Crippen MR) is 52.0 cm³/mol. The third-order valence-electron chi connectivity index (χ3n) is 2.33. The number of aromatic hydroxyl groups is 1. The summed E-state index contributed by atoms with van der Waals surface area (Å²) >= 11 is 0. The Morgan fingerprint density at radius 3 is 2.57 bits per heavy atom. The van der Waals surface area contributed by atoms with E-state index in [1.807, 2.05) is 6.92 Å². The largest absolute Gasteiger partial charge is 0.507 e. The van der Waals surface area contributed by atoms with Gasteiger partial charge in [0.15, 0.2) is 0 Å². The lowest BCUT2D eigenvalue weighted by atomic mass is 10.1. The number of anilines is 1. The molecule has 74 valence electrons. The Balaban J connectivity index is 2.48. The van der Waals surface area contributed by atoms with Crippen molar-refractivity contribution in [2.24, 2.45) is 0 Å². The zero-order valence-electron chi connectivity index (χ0n) is 7.82. The maximum Gasteiger partial charge on any atom is 0.339 e. The average molecular weight is 193 g/mol. The van der Waals surface area contributed by atoms with Crippen LogP contribution in [0.3, 0.4) is 0 Å². The highest BCUT2D eigenvalue weighted by atomic mass is 16.4. The van der Waals surface area contributed by atoms with E-state index < -0.39 is 5.97 Å². The van der Waals surface area contributed by atoms with Gasteiger partial charge in [-0.2, -0.15) is 0 Å². The van der Waals surface area contributed by atoms with Gasteiger partial charge < -0.3 is 15.1 Å². The summed E-state index contributed by atoms with van der Waals surface area (Å²) in [6, 6.07) is 3.02. The zero-order chi connectivity index (χ0) is 10.3. The minimum atomic E-state index is -1.09. The number of carboxylic acids is 1. The third-order valence-corrected chi connectivity index (χ3v) is 2.33. The molecule has 1 aromatic carbocycles. The van der Waals surface area contributed by atoms with E-state index in [4.69, 9.17) is 5.11 Å². The molecule has 0 spiro atoms. The lowest BCUT2D eigenvalue weighted by Crippen LogP contribution is -2.01. The number of phenols is 1. The Hall–Kier alpha value is -1.71. The summed E-state index contributed by atoms with van der Waals surface area (Å²) in [5, 5.41) is 18.2. The minimum Gasteiger partial charge on any atom is -0.507 e. The first-order valence-electron chi connectivity index (χ1n) is 4.41. The van der Waals surface area contributed by atoms with Crippen molar-refractivity contribution < 1.29 is 15.0 Å². The molecule has 0 amide bonds. The average Bonchev–Trinajstić information content (AvgIpc) is 2.91. The van der Waals surface area contributed by atoms with Crippen molar-refractivity contribution in [3.8, 4) is 5.75 Å². The van der Waals surface area contributed by atoms with E-state index in [1.165, 1.54) is 12.1 Å². The number of aromatic carboxylic acids is 1. The van der Waals surface area contributed by atoms with Crippen LogP contribution in [0.2, 0.25) is 0 Å². The predicted octanol–water partition coefficient (Wildman–Crippen LogP) is 1.22. The van der Waals surface area contributed by atoms with Crippen molar-refractivity contribution in [3.63, 3.8) is 0 Å². The minimum absolute atomic E-state index is 0.0342. The SMILES string of the molecule is Cc1cc(C(=O)O)c(O)cc1N1CC1. The third kappa shape index (κ3) is 1.39. The van der Waals surface area contributed by atoms with Crippen molar-refractivity contribution in [2.75, 3.05) is 18.0 Å². The Labute approximate surface area is 81.4 Å². The monoisotopic (exact) mass is 193 g/mol. The van der Waals surface area contributed by atoms with E-state index in [-0.39, 0.29) is 11.3 Å². The number of carbonyl (C=O) groups is 1. The molecule has 4 nitrogen and oxygen atoms in total. The van der Waals surface area contributed by atoms with E-state index in [9.17, 15) is 9.90 Å². The van der Waals surface area contributed by atoms with Crippen LogP contribution in [-0.4, -0.2) is 29.3 Å². The van der Waals surface area contributed by atoms with Crippen LogP contribution in [0, 0.1) is 6.92 Å². The van der Waals surface area contributed by atoms with Gasteiger partial charge in [0.2, 0.25) is 0 Å². The molecule has 2 N–H and O–H groups in total. The summed E-state index contributed by atoms with van der Waals surface area (Å²) in [4.78, 5) is 12.8. The van der Waals surface area contributed by atoms with Crippen LogP contribution in [0.15, 0.2) is 12.1 Å². The van der Waals surface area contributed by atoms with Crippen LogP contribution in [0.25, 0.3) is 0 Å².